The molecule has 0 aromatic carbocycles. The zero-order valence-electron chi connectivity index (χ0n) is 20.8. The summed E-state index contributed by atoms with van der Waals surface area (Å²) in [5, 5.41) is 34.1. The van der Waals surface area contributed by atoms with Crippen LogP contribution in [0.3, 0.4) is 0 Å². The standard InChI is InChI=1S/C21H37N7O9/c1-3-10(2)16(19(35)26-12(20(36)37)6-7-14(29)30)28-18(34)13(9-15(31)32)27-17(33)11(22)5-4-8-25-21(23)24/h10-13,16H,3-9,22H2,1-2H3,(H,26,35)(H,27,33)(H,28,34)(H,29,30)(H,31,32)(H,36,37)(H4,23,24,25). The first-order chi connectivity index (χ1) is 17.2. The molecule has 0 spiro atoms. The van der Waals surface area contributed by atoms with Crippen LogP contribution in [0.15, 0.2) is 4.99 Å². The van der Waals surface area contributed by atoms with Crippen molar-refractivity contribution in [2.75, 3.05) is 6.54 Å². The lowest BCUT2D eigenvalue weighted by atomic mass is 9.97. The smallest absolute Gasteiger partial charge is 0.326 e. The number of guanidine groups is 1. The van der Waals surface area contributed by atoms with E-state index in [1.807, 2.05) is 0 Å². The van der Waals surface area contributed by atoms with Crippen LogP contribution in [0.25, 0.3) is 0 Å². The Morgan fingerprint density at radius 1 is 0.838 bits per heavy atom. The Morgan fingerprint density at radius 2 is 1.43 bits per heavy atom. The van der Waals surface area contributed by atoms with Gasteiger partial charge in [0.2, 0.25) is 17.7 Å². The summed E-state index contributed by atoms with van der Waals surface area (Å²) in [5.41, 5.74) is 16.2. The molecular weight excluding hydrogens is 494 g/mol. The van der Waals surface area contributed by atoms with Crippen LogP contribution in [0.2, 0.25) is 0 Å². The molecule has 0 fully saturated rings. The largest absolute Gasteiger partial charge is 0.481 e. The number of carboxylic acids is 3. The van der Waals surface area contributed by atoms with Gasteiger partial charge in [0.15, 0.2) is 5.96 Å². The number of carboxylic acid groups (broad SMARTS) is 3. The first kappa shape index (κ1) is 33.0. The van der Waals surface area contributed by atoms with Crippen molar-refractivity contribution in [3.05, 3.63) is 0 Å². The number of nitrogens with one attached hydrogen (secondary N) is 3. The van der Waals surface area contributed by atoms with E-state index in [9.17, 15) is 39.0 Å². The highest BCUT2D eigenvalue weighted by molar-refractivity contribution is 5.95. The van der Waals surface area contributed by atoms with Gasteiger partial charge in [0.05, 0.1) is 12.5 Å². The Morgan fingerprint density at radius 3 is 1.92 bits per heavy atom. The third kappa shape index (κ3) is 13.6. The average molecular weight is 532 g/mol. The molecule has 12 N–H and O–H groups in total. The summed E-state index contributed by atoms with van der Waals surface area (Å²) in [6.07, 6.45) is -0.891. The normalized spacial score (nSPS) is 14.7. The van der Waals surface area contributed by atoms with Crippen LogP contribution in [0.1, 0.15) is 52.4 Å². The molecule has 0 aliphatic rings. The second-order valence-electron chi connectivity index (χ2n) is 8.42. The van der Waals surface area contributed by atoms with E-state index in [0.717, 1.165) is 0 Å². The SMILES string of the molecule is CCC(C)C(NC(=O)C(CC(=O)O)NC(=O)C(N)CCCN=C(N)N)C(=O)NC(CCC(=O)O)C(=O)O. The van der Waals surface area contributed by atoms with Crippen LogP contribution in [0, 0.1) is 5.92 Å². The third-order valence-corrected chi connectivity index (χ3v) is 5.37. The second kappa shape index (κ2) is 16.7. The summed E-state index contributed by atoms with van der Waals surface area (Å²) in [5.74, 6) is -7.51. The molecule has 0 radical (unpaired) electrons. The van der Waals surface area contributed by atoms with Crippen LogP contribution in [-0.2, 0) is 28.8 Å². The Bertz CT molecular complexity index is 861. The predicted octanol–water partition coefficient (Wildman–Crippen LogP) is -2.71. The number of rotatable bonds is 18. The number of nitrogens with two attached hydrogens (primary N) is 3. The molecule has 0 bridgehead atoms. The highest BCUT2D eigenvalue weighted by atomic mass is 16.4. The van der Waals surface area contributed by atoms with Gasteiger partial charge in [-0.15, -0.1) is 0 Å². The monoisotopic (exact) mass is 531 g/mol. The number of hydrogen-bond donors (Lipinski definition) is 9. The first-order valence-electron chi connectivity index (χ1n) is 11.6. The van der Waals surface area contributed by atoms with Gasteiger partial charge >= 0.3 is 17.9 Å². The fourth-order valence-corrected chi connectivity index (χ4v) is 3.06. The molecule has 0 heterocycles. The van der Waals surface area contributed by atoms with Crippen LogP contribution < -0.4 is 33.2 Å². The molecule has 0 rings (SSSR count). The number of aliphatic imine (C=N–C) groups is 1. The minimum absolute atomic E-state index is 0.132. The summed E-state index contributed by atoms with van der Waals surface area (Å²) >= 11 is 0. The molecule has 5 atom stereocenters. The molecule has 16 heteroatoms. The average Bonchev–Trinajstić information content (AvgIpc) is 2.80. The molecule has 0 aromatic heterocycles. The number of nitrogens with zero attached hydrogens (tertiary/aromatic N) is 1. The molecule has 5 unspecified atom stereocenters. The van der Waals surface area contributed by atoms with Crippen molar-refractivity contribution in [3.63, 3.8) is 0 Å². The van der Waals surface area contributed by atoms with E-state index in [-0.39, 0.29) is 18.9 Å². The first-order valence-corrected chi connectivity index (χ1v) is 11.6. The topological polar surface area (TPSA) is 290 Å². The molecule has 0 aliphatic heterocycles. The Kier molecular flexibility index (Phi) is 14.9. The number of carbonyl (C=O) groups is 6. The molecule has 210 valence electrons. The van der Waals surface area contributed by atoms with E-state index in [4.69, 9.17) is 22.3 Å². The fraction of sp³-hybridized carbons (Fsp3) is 0.667. The molecule has 0 aromatic rings. The quantitative estimate of drug-likeness (QED) is 0.0495. The van der Waals surface area contributed by atoms with Gasteiger partial charge in [0, 0.05) is 13.0 Å². The summed E-state index contributed by atoms with van der Waals surface area (Å²) in [7, 11) is 0. The van der Waals surface area contributed by atoms with Crippen LogP contribution in [0.4, 0.5) is 0 Å². The summed E-state index contributed by atoms with van der Waals surface area (Å²) in [6, 6.07) is -5.52. The van der Waals surface area contributed by atoms with Crippen molar-refractivity contribution < 1.29 is 44.1 Å². The zero-order chi connectivity index (χ0) is 28.7. The molecule has 37 heavy (non-hydrogen) atoms. The maximum atomic E-state index is 12.9. The van der Waals surface area contributed by atoms with Crippen molar-refractivity contribution in [1.82, 2.24) is 16.0 Å². The Labute approximate surface area is 213 Å². The van der Waals surface area contributed by atoms with E-state index >= 15 is 0 Å². The number of amides is 3. The highest BCUT2D eigenvalue weighted by Gasteiger charge is 2.33. The van der Waals surface area contributed by atoms with Gasteiger partial charge in [0.1, 0.15) is 18.1 Å². The Balaban J connectivity index is 5.48. The van der Waals surface area contributed by atoms with Crippen molar-refractivity contribution in [2.24, 2.45) is 28.1 Å². The van der Waals surface area contributed by atoms with Gasteiger partial charge in [-0.1, -0.05) is 20.3 Å². The molecular formula is C21H37N7O9. The maximum Gasteiger partial charge on any atom is 0.326 e. The molecule has 16 nitrogen and oxygen atoms in total. The zero-order valence-corrected chi connectivity index (χ0v) is 20.8. The molecule has 0 saturated carbocycles. The molecule has 0 saturated heterocycles. The van der Waals surface area contributed by atoms with E-state index < -0.39 is 85.0 Å². The second-order valence-corrected chi connectivity index (χ2v) is 8.42. The molecule has 3 amide bonds. The third-order valence-electron chi connectivity index (χ3n) is 5.37. The summed E-state index contributed by atoms with van der Waals surface area (Å²) in [6.45, 7) is 3.50. The Hall–Kier alpha value is -3.95. The van der Waals surface area contributed by atoms with Gasteiger partial charge in [0.25, 0.3) is 0 Å². The van der Waals surface area contributed by atoms with Gasteiger partial charge in [-0.2, -0.15) is 0 Å². The van der Waals surface area contributed by atoms with Crippen LogP contribution >= 0.6 is 0 Å². The number of aliphatic carboxylic acids is 3. The number of carbonyl (C=O) groups excluding carboxylic acids is 3. The minimum Gasteiger partial charge on any atom is -0.481 e. The van der Waals surface area contributed by atoms with Crippen molar-refractivity contribution in [1.29, 1.82) is 0 Å². The lowest BCUT2D eigenvalue weighted by Crippen LogP contribution is -2.59. The van der Waals surface area contributed by atoms with Gasteiger partial charge in [-0.3, -0.25) is 29.0 Å². The van der Waals surface area contributed by atoms with E-state index in [0.29, 0.717) is 12.8 Å². The minimum atomic E-state index is -1.59. The number of hydrogen-bond acceptors (Lipinski definition) is 8. The summed E-state index contributed by atoms with van der Waals surface area (Å²) < 4.78 is 0. The van der Waals surface area contributed by atoms with Gasteiger partial charge in [-0.05, 0) is 25.2 Å². The predicted molar refractivity (Wildman–Crippen MR) is 130 cm³/mol. The van der Waals surface area contributed by atoms with E-state index in [1.165, 1.54) is 0 Å². The molecule has 0 aliphatic carbocycles. The lowest BCUT2D eigenvalue weighted by molar-refractivity contribution is -0.144. The van der Waals surface area contributed by atoms with E-state index in [1.54, 1.807) is 13.8 Å². The van der Waals surface area contributed by atoms with Crippen molar-refractivity contribution >= 4 is 41.6 Å². The van der Waals surface area contributed by atoms with Crippen LogP contribution in [-0.4, -0.2) is 87.6 Å². The summed E-state index contributed by atoms with van der Waals surface area (Å²) in [4.78, 5) is 75.4. The fourth-order valence-electron chi connectivity index (χ4n) is 3.06. The van der Waals surface area contributed by atoms with E-state index in [2.05, 4.69) is 20.9 Å². The van der Waals surface area contributed by atoms with Gasteiger partial charge in [-0.25, -0.2) is 4.79 Å². The van der Waals surface area contributed by atoms with Gasteiger partial charge < -0.3 is 48.5 Å². The van der Waals surface area contributed by atoms with Crippen molar-refractivity contribution in [2.45, 2.75) is 76.5 Å². The lowest BCUT2D eigenvalue weighted by Gasteiger charge is -2.27. The van der Waals surface area contributed by atoms with Crippen LogP contribution in [0.5, 0.6) is 0 Å². The highest BCUT2D eigenvalue weighted by Crippen LogP contribution is 2.11. The van der Waals surface area contributed by atoms with Crippen molar-refractivity contribution in [3.8, 4) is 0 Å². The maximum absolute atomic E-state index is 12.9.